The lowest BCUT2D eigenvalue weighted by atomic mass is 9.67. The van der Waals surface area contributed by atoms with Gasteiger partial charge in [0.25, 0.3) is 0 Å². The molecule has 0 radical (unpaired) electrons. The molecule has 1 aliphatic rings. The Kier molecular flexibility index (Phi) is 6.65. The van der Waals surface area contributed by atoms with E-state index in [1.165, 1.54) is 77.0 Å². The number of aromatic nitrogens is 2. The van der Waals surface area contributed by atoms with Crippen molar-refractivity contribution < 1.29 is 0 Å². The van der Waals surface area contributed by atoms with E-state index in [2.05, 4.69) is 203 Å². The van der Waals surface area contributed by atoms with Gasteiger partial charge in [-0.3, -0.25) is 0 Å². The van der Waals surface area contributed by atoms with Gasteiger partial charge in [-0.1, -0.05) is 153 Å². The molecule has 10 aromatic rings. The van der Waals surface area contributed by atoms with Crippen molar-refractivity contribution in [2.45, 2.75) is 12.8 Å². The Morgan fingerprint density at radius 2 is 0.577 bits per heavy atom. The fraction of sp³-hybridized carbons (Fsp3) is 0.0400. The lowest BCUT2D eigenvalue weighted by molar-refractivity contribution is 0.767. The summed E-state index contributed by atoms with van der Waals surface area (Å²) in [6, 6.07) is 71.5. The van der Waals surface area contributed by atoms with Gasteiger partial charge in [-0.25, -0.2) is 0 Å². The summed E-state index contributed by atoms with van der Waals surface area (Å²) in [4.78, 5) is 0. The number of nitrogens with zero attached hydrogens (tertiary/aromatic N) is 2. The van der Waals surface area contributed by atoms with Gasteiger partial charge in [-0.05, 0) is 81.9 Å². The molecule has 0 N–H and O–H groups in total. The van der Waals surface area contributed by atoms with E-state index in [-0.39, 0.29) is 7.43 Å². The molecular weight excluding hydrogens is 629 g/mol. The van der Waals surface area contributed by atoms with E-state index in [9.17, 15) is 0 Å². The molecule has 0 spiro atoms. The highest BCUT2D eigenvalue weighted by molar-refractivity contribution is 6.10. The molecule has 2 nitrogen and oxygen atoms in total. The molecule has 246 valence electrons. The van der Waals surface area contributed by atoms with E-state index in [4.69, 9.17) is 0 Å². The molecule has 8 aromatic carbocycles. The molecule has 2 heteroatoms. The van der Waals surface area contributed by atoms with Crippen molar-refractivity contribution >= 4 is 43.6 Å². The predicted octanol–water partition coefficient (Wildman–Crippen LogP) is 12.9. The molecule has 52 heavy (non-hydrogen) atoms. The van der Waals surface area contributed by atoms with Crippen LogP contribution in [0.4, 0.5) is 0 Å². The predicted molar refractivity (Wildman–Crippen MR) is 219 cm³/mol. The van der Waals surface area contributed by atoms with Gasteiger partial charge in [0.05, 0.1) is 27.5 Å². The third-order valence-corrected chi connectivity index (χ3v) is 11.2. The summed E-state index contributed by atoms with van der Waals surface area (Å²) in [7, 11) is 0. The average molecular weight is 665 g/mol. The lowest BCUT2D eigenvalue weighted by Crippen LogP contribution is -2.28. The molecule has 1 aliphatic carbocycles. The molecule has 0 unspecified atom stereocenters. The van der Waals surface area contributed by atoms with Crippen LogP contribution in [0.1, 0.15) is 29.7 Å². The SMILES string of the molecule is C.c1ccc2c(c1)-c1ccccc1C2(c1ccc(-n2c3ccccc3c3ccccc32)cc1)c1ccc(-n2c3ccccc3c3ccccc32)cc1. The molecule has 0 saturated carbocycles. The maximum absolute atomic E-state index is 2.40. The van der Waals surface area contributed by atoms with Crippen LogP contribution in [0.15, 0.2) is 194 Å². The lowest BCUT2D eigenvalue weighted by Gasteiger charge is -2.34. The van der Waals surface area contributed by atoms with Crippen LogP contribution in [0.25, 0.3) is 66.1 Å². The van der Waals surface area contributed by atoms with Crippen LogP contribution in [0.5, 0.6) is 0 Å². The van der Waals surface area contributed by atoms with E-state index >= 15 is 0 Å². The summed E-state index contributed by atoms with van der Waals surface area (Å²) in [5.74, 6) is 0. The molecule has 0 aliphatic heterocycles. The zero-order chi connectivity index (χ0) is 33.5. The van der Waals surface area contributed by atoms with Gasteiger partial charge in [0.1, 0.15) is 0 Å². The van der Waals surface area contributed by atoms with Gasteiger partial charge >= 0.3 is 0 Å². The average Bonchev–Trinajstić information content (AvgIpc) is 3.83. The van der Waals surface area contributed by atoms with E-state index in [1.807, 2.05) is 0 Å². The van der Waals surface area contributed by atoms with Crippen LogP contribution >= 0.6 is 0 Å². The maximum Gasteiger partial charge on any atom is 0.0713 e. The van der Waals surface area contributed by atoms with Crippen LogP contribution in [0, 0.1) is 0 Å². The van der Waals surface area contributed by atoms with Gasteiger partial charge in [0.15, 0.2) is 0 Å². The third-order valence-electron chi connectivity index (χ3n) is 11.2. The second-order valence-corrected chi connectivity index (χ2v) is 13.7. The largest absolute Gasteiger partial charge is 0.309 e. The number of hydrogen-bond acceptors (Lipinski definition) is 0. The second kappa shape index (κ2) is 11.4. The number of fused-ring (bicyclic) bond motifs is 9. The number of para-hydroxylation sites is 4. The summed E-state index contributed by atoms with van der Waals surface area (Å²) in [5, 5.41) is 5.09. The normalized spacial score (nSPS) is 13.0. The van der Waals surface area contributed by atoms with Gasteiger partial charge in [0, 0.05) is 32.9 Å². The highest BCUT2D eigenvalue weighted by Crippen LogP contribution is 2.56. The first-order valence-corrected chi connectivity index (χ1v) is 17.7. The third kappa shape index (κ3) is 4.01. The first kappa shape index (κ1) is 30.2. The highest BCUT2D eigenvalue weighted by Gasteiger charge is 2.45. The summed E-state index contributed by atoms with van der Waals surface area (Å²) < 4.78 is 4.80. The van der Waals surface area contributed by atoms with Crippen molar-refractivity contribution in [3.63, 3.8) is 0 Å². The Hall–Kier alpha value is -6.64. The molecule has 11 rings (SSSR count). The van der Waals surface area contributed by atoms with E-state index in [1.54, 1.807) is 0 Å². The first-order valence-electron chi connectivity index (χ1n) is 17.7. The van der Waals surface area contributed by atoms with Crippen LogP contribution in [0.2, 0.25) is 0 Å². The van der Waals surface area contributed by atoms with Crippen molar-refractivity contribution in [2.24, 2.45) is 0 Å². The molecule has 0 bridgehead atoms. The zero-order valence-corrected chi connectivity index (χ0v) is 27.9. The summed E-state index contributed by atoms with van der Waals surface area (Å²) >= 11 is 0. The quantitative estimate of drug-likeness (QED) is 0.177. The van der Waals surface area contributed by atoms with Crippen molar-refractivity contribution in [3.8, 4) is 22.5 Å². The second-order valence-electron chi connectivity index (χ2n) is 13.7. The molecular formula is C50H36N2. The minimum atomic E-state index is -0.480. The molecule has 0 fully saturated rings. The Morgan fingerprint density at radius 3 is 0.923 bits per heavy atom. The van der Waals surface area contributed by atoms with Crippen molar-refractivity contribution in [3.05, 3.63) is 216 Å². The number of benzene rings is 8. The summed E-state index contributed by atoms with van der Waals surface area (Å²) in [5.41, 5.74) is 14.5. The van der Waals surface area contributed by atoms with E-state index in [0.717, 1.165) is 11.4 Å². The topological polar surface area (TPSA) is 9.86 Å². The first-order chi connectivity index (χ1) is 25.3. The van der Waals surface area contributed by atoms with E-state index in [0.29, 0.717) is 0 Å². The van der Waals surface area contributed by atoms with Crippen molar-refractivity contribution in [1.82, 2.24) is 9.13 Å². The van der Waals surface area contributed by atoms with Crippen molar-refractivity contribution in [1.29, 1.82) is 0 Å². The molecule has 0 amide bonds. The Bertz CT molecular complexity index is 2650. The highest BCUT2D eigenvalue weighted by atomic mass is 15.0. The van der Waals surface area contributed by atoms with Crippen LogP contribution in [-0.4, -0.2) is 9.13 Å². The fourth-order valence-corrected chi connectivity index (χ4v) is 9.15. The van der Waals surface area contributed by atoms with Crippen LogP contribution in [-0.2, 0) is 5.41 Å². The molecule has 0 atom stereocenters. The van der Waals surface area contributed by atoms with Gasteiger partial charge in [-0.2, -0.15) is 0 Å². The monoisotopic (exact) mass is 664 g/mol. The fourth-order valence-electron chi connectivity index (χ4n) is 9.15. The number of rotatable bonds is 4. The Morgan fingerprint density at radius 1 is 0.288 bits per heavy atom. The standard InChI is InChI=1S/C49H32N2.CH4/c1-7-19-43-37(13-1)38-14-2-8-20-44(38)49(43,33-25-29-35(30-26-33)50-45-21-9-3-15-39(45)40-16-4-10-22-46(40)50)34-27-31-36(32-28-34)51-47-23-11-5-17-41(47)42-18-6-12-24-48(42)51;/h1-32H;1H4. The van der Waals surface area contributed by atoms with Crippen LogP contribution < -0.4 is 0 Å². The molecule has 2 aromatic heterocycles. The van der Waals surface area contributed by atoms with E-state index < -0.39 is 5.41 Å². The smallest absolute Gasteiger partial charge is 0.0713 e. The summed E-state index contributed by atoms with van der Waals surface area (Å²) in [6.45, 7) is 0. The minimum absolute atomic E-state index is 0. The Labute approximate surface area is 303 Å². The molecule has 0 saturated heterocycles. The van der Waals surface area contributed by atoms with Crippen LogP contribution in [0.3, 0.4) is 0 Å². The minimum Gasteiger partial charge on any atom is -0.309 e. The maximum atomic E-state index is 2.40. The molecule has 2 heterocycles. The van der Waals surface area contributed by atoms with Gasteiger partial charge in [-0.15, -0.1) is 0 Å². The van der Waals surface area contributed by atoms with Crippen molar-refractivity contribution in [2.75, 3.05) is 0 Å². The Balaban J connectivity index is 0.00000338. The van der Waals surface area contributed by atoms with Gasteiger partial charge < -0.3 is 9.13 Å². The zero-order valence-electron chi connectivity index (χ0n) is 27.9. The van der Waals surface area contributed by atoms with Gasteiger partial charge in [0.2, 0.25) is 0 Å². The summed E-state index contributed by atoms with van der Waals surface area (Å²) in [6.07, 6.45) is 0. The number of hydrogen-bond donors (Lipinski definition) is 0.